The van der Waals surface area contributed by atoms with Gasteiger partial charge in [-0.05, 0) is 26.0 Å². The van der Waals surface area contributed by atoms with Crippen molar-refractivity contribution in [2.24, 2.45) is 14.1 Å². The summed E-state index contributed by atoms with van der Waals surface area (Å²) in [4.78, 5) is 38.8. The minimum atomic E-state index is -0.395. The van der Waals surface area contributed by atoms with Crippen LogP contribution in [0.15, 0.2) is 21.9 Å². The van der Waals surface area contributed by atoms with E-state index in [-0.39, 0.29) is 30.4 Å². The zero-order valence-corrected chi connectivity index (χ0v) is 15.5. The summed E-state index contributed by atoms with van der Waals surface area (Å²) in [6, 6.07) is 1.98. The van der Waals surface area contributed by atoms with Crippen molar-refractivity contribution in [3.05, 3.63) is 33.1 Å². The highest BCUT2D eigenvalue weighted by Gasteiger charge is 2.23. The zero-order valence-electron chi connectivity index (χ0n) is 14.7. The van der Waals surface area contributed by atoms with Gasteiger partial charge < -0.3 is 14.8 Å². The second kappa shape index (κ2) is 7.45. The molecule has 3 heterocycles. The Balaban J connectivity index is 0.00000225. The Bertz CT molecular complexity index is 898. The van der Waals surface area contributed by atoms with Crippen molar-refractivity contribution in [2.45, 2.75) is 25.4 Å². The second-order valence-electron chi connectivity index (χ2n) is 6.35. The molecule has 1 unspecified atom stereocenters. The first kappa shape index (κ1) is 19.3. The maximum absolute atomic E-state index is 12.6. The number of aryl methyl sites for hydroxylation is 1. The monoisotopic (exact) mass is 369 g/mol. The molecule has 25 heavy (non-hydrogen) atoms. The first-order chi connectivity index (χ1) is 11.4. The molecule has 1 amide bonds. The van der Waals surface area contributed by atoms with Crippen LogP contribution in [0.2, 0.25) is 0 Å². The maximum atomic E-state index is 12.6. The molecule has 2 aromatic heterocycles. The summed E-state index contributed by atoms with van der Waals surface area (Å²) < 4.78 is 4.18. The highest BCUT2D eigenvalue weighted by Crippen LogP contribution is 2.13. The largest absolute Gasteiger partial charge is 0.340 e. The fraction of sp³-hybridized carbons (Fsp3) is 0.562. The molecular formula is C16H24ClN5O3. The molecule has 0 saturated carbocycles. The third kappa shape index (κ3) is 3.36. The molecule has 0 spiro atoms. The number of likely N-dealkylation sites (tertiary alicyclic amines) is 1. The lowest BCUT2D eigenvalue weighted by Gasteiger charge is -2.32. The van der Waals surface area contributed by atoms with Gasteiger partial charge in [0.25, 0.3) is 5.56 Å². The van der Waals surface area contributed by atoms with Crippen LogP contribution < -0.4 is 16.6 Å². The molecule has 1 fully saturated rings. The van der Waals surface area contributed by atoms with Crippen LogP contribution in [-0.2, 0) is 25.4 Å². The molecule has 0 aliphatic carbocycles. The Kier molecular flexibility index (Phi) is 5.74. The van der Waals surface area contributed by atoms with Crippen molar-refractivity contribution >= 4 is 29.3 Å². The minimum Gasteiger partial charge on any atom is -0.340 e. The molecule has 3 rings (SSSR count). The molecule has 1 saturated heterocycles. The second-order valence-corrected chi connectivity index (χ2v) is 6.35. The first-order valence-electron chi connectivity index (χ1n) is 8.14. The minimum absolute atomic E-state index is 0. The SMILES string of the molecule is CNC1CCCN(C(=O)Cn2ccc3c(=O)n(C)c(=O)n(C)c32)C1.Cl. The predicted molar refractivity (Wildman–Crippen MR) is 98.3 cm³/mol. The lowest BCUT2D eigenvalue weighted by Crippen LogP contribution is -2.48. The molecule has 0 radical (unpaired) electrons. The standard InChI is InChI=1S/C16H23N5O3.ClH/c1-17-11-5-4-7-20(9-11)13(22)10-21-8-6-12-14(21)18(2)16(24)19(3)15(12)23;/h6,8,11,17H,4-5,7,9-10H2,1-3H3;1H. The van der Waals surface area contributed by atoms with E-state index in [1.807, 2.05) is 11.9 Å². The van der Waals surface area contributed by atoms with Crippen molar-refractivity contribution in [1.82, 2.24) is 23.9 Å². The van der Waals surface area contributed by atoms with Gasteiger partial charge in [-0.15, -0.1) is 12.4 Å². The Morgan fingerprint density at radius 1 is 1.28 bits per heavy atom. The molecule has 9 heteroatoms. The van der Waals surface area contributed by atoms with Gasteiger partial charge in [-0.1, -0.05) is 0 Å². The average molecular weight is 370 g/mol. The van der Waals surface area contributed by atoms with E-state index in [0.717, 1.165) is 24.0 Å². The van der Waals surface area contributed by atoms with Crippen molar-refractivity contribution in [1.29, 1.82) is 0 Å². The van der Waals surface area contributed by atoms with Gasteiger partial charge in [0.1, 0.15) is 12.2 Å². The van der Waals surface area contributed by atoms with Gasteiger partial charge in [0.2, 0.25) is 5.91 Å². The van der Waals surface area contributed by atoms with Crippen LogP contribution >= 0.6 is 12.4 Å². The van der Waals surface area contributed by atoms with Crippen LogP contribution in [0.1, 0.15) is 12.8 Å². The molecule has 138 valence electrons. The van der Waals surface area contributed by atoms with Gasteiger partial charge in [0.15, 0.2) is 0 Å². The van der Waals surface area contributed by atoms with Crippen LogP contribution in [0.3, 0.4) is 0 Å². The number of fused-ring (bicyclic) bond motifs is 1. The number of carbonyl (C=O) groups is 1. The van der Waals surface area contributed by atoms with E-state index in [4.69, 9.17) is 0 Å². The average Bonchev–Trinajstić information content (AvgIpc) is 3.01. The van der Waals surface area contributed by atoms with E-state index < -0.39 is 5.69 Å². The molecular weight excluding hydrogens is 346 g/mol. The summed E-state index contributed by atoms with van der Waals surface area (Å²) in [6.07, 6.45) is 3.74. The summed E-state index contributed by atoms with van der Waals surface area (Å²) in [6.45, 7) is 1.56. The van der Waals surface area contributed by atoms with E-state index in [0.29, 0.717) is 23.6 Å². The molecule has 0 bridgehead atoms. The molecule has 1 aliphatic rings. The number of rotatable bonds is 3. The number of halogens is 1. The van der Waals surface area contributed by atoms with Crippen LogP contribution in [0.4, 0.5) is 0 Å². The van der Waals surface area contributed by atoms with Crippen LogP contribution in [0.5, 0.6) is 0 Å². The molecule has 1 atom stereocenters. The number of nitrogens with zero attached hydrogens (tertiary/aromatic N) is 4. The van der Waals surface area contributed by atoms with Crippen molar-refractivity contribution in [2.75, 3.05) is 20.1 Å². The van der Waals surface area contributed by atoms with Gasteiger partial charge in [0.05, 0.1) is 5.39 Å². The predicted octanol–water partition coefficient (Wildman–Crippen LogP) is -0.329. The number of aromatic nitrogens is 3. The fourth-order valence-electron chi connectivity index (χ4n) is 3.40. The van der Waals surface area contributed by atoms with Gasteiger partial charge in [0, 0.05) is 39.4 Å². The van der Waals surface area contributed by atoms with Crippen LogP contribution in [-0.4, -0.2) is 50.7 Å². The van der Waals surface area contributed by atoms with E-state index in [1.165, 1.54) is 11.6 Å². The van der Waals surface area contributed by atoms with Crippen molar-refractivity contribution < 1.29 is 4.79 Å². The number of hydrogen-bond donors (Lipinski definition) is 1. The number of likely N-dealkylation sites (N-methyl/N-ethyl adjacent to an activating group) is 1. The summed E-state index contributed by atoms with van der Waals surface area (Å²) >= 11 is 0. The summed E-state index contributed by atoms with van der Waals surface area (Å²) in [5.41, 5.74) is -0.251. The molecule has 1 aliphatic heterocycles. The summed E-state index contributed by atoms with van der Waals surface area (Å²) in [7, 11) is 4.98. The third-order valence-corrected chi connectivity index (χ3v) is 4.85. The Labute approximate surface area is 151 Å². The van der Waals surface area contributed by atoms with E-state index in [9.17, 15) is 14.4 Å². The van der Waals surface area contributed by atoms with E-state index >= 15 is 0 Å². The number of hydrogen-bond acceptors (Lipinski definition) is 4. The Morgan fingerprint density at radius 2 is 2.00 bits per heavy atom. The maximum Gasteiger partial charge on any atom is 0.332 e. The van der Waals surface area contributed by atoms with Crippen molar-refractivity contribution in [3.8, 4) is 0 Å². The fourth-order valence-corrected chi connectivity index (χ4v) is 3.40. The Hall–Kier alpha value is -2.06. The molecule has 0 aromatic carbocycles. The van der Waals surface area contributed by atoms with Gasteiger partial charge in [-0.2, -0.15) is 0 Å². The quantitative estimate of drug-likeness (QED) is 0.803. The first-order valence-corrected chi connectivity index (χ1v) is 8.14. The molecule has 2 aromatic rings. The number of carbonyl (C=O) groups excluding carboxylic acids is 1. The van der Waals surface area contributed by atoms with E-state index in [1.54, 1.807) is 23.9 Å². The van der Waals surface area contributed by atoms with Crippen LogP contribution in [0, 0.1) is 0 Å². The lowest BCUT2D eigenvalue weighted by molar-refractivity contribution is -0.133. The van der Waals surface area contributed by atoms with Gasteiger partial charge in [-0.3, -0.25) is 18.7 Å². The van der Waals surface area contributed by atoms with E-state index in [2.05, 4.69) is 5.32 Å². The third-order valence-electron chi connectivity index (χ3n) is 4.85. The smallest absolute Gasteiger partial charge is 0.332 e. The van der Waals surface area contributed by atoms with Crippen molar-refractivity contribution in [3.63, 3.8) is 0 Å². The zero-order chi connectivity index (χ0) is 17.4. The summed E-state index contributed by atoms with van der Waals surface area (Å²) in [5, 5.41) is 3.66. The van der Waals surface area contributed by atoms with Crippen LogP contribution in [0.25, 0.3) is 11.0 Å². The number of nitrogens with one attached hydrogen (secondary N) is 1. The normalized spacial score (nSPS) is 17.6. The molecule has 1 N–H and O–H groups in total. The lowest BCUT2D eigenvalue weighted by atomic mass is 10.1. The van der Waals surface area contributed by atoms with Gasteiger partial charge in [-0.25, -0.2) is 4.79 Å². The highest BCUT2D eigenvalue weighted by molar-refractivity contribution is 5.85. The summed E-state index contributed by atoms with van der Waals surface area (Å²) in [5.74, 6) is 0.000533. The van der Waals surface area contributed by atoms with Gasteiger partial charge >= 0.3 is 5.69 Å². The highest BCUT2D eigenvalue weighted by atomic mass is 35.5. The number of piperidine rings is 1. The molecule has 8 nitrogen and oxygen atoms in total. The number of amides is 1. The Morgan fingerprint density at radius 3 is 2.68 bits per heavy atom. The topological polar surface area (TPSA) is 81.3 Å².